The average molecular weight is 541 g/mol. The Balaban J connectivity index is 1.68. The van der Waals surface area contributed by atoms with E-state index in [0.717, 1.165) is 5.56 Å². The summed E-state index contributed by atoms with van der Waals surface area (Å²) < 4.78 is 21.3. The number of amides is 1. The summed E-state index contributed by atoms with van der Waals surface area (Å²) in [6.07, 6.45) is 5.06. The number of hydrogen-bond acceptors (Lipinski definition) is 7. The van der Waals surface area contributed by atoms with Gasteiger partial charge in [-0.05, 0) is 42.3 Å². The van der Waals surface area contributed by atoms with Gasteiger partial charge in [0.2, 0.25) is 0 Å². The molecular weight excluding hydrogens is 511 g/mol. The number of aliphatic hydroxyl groups is 1. The zero-order valence-electron chi connectivity index (χ0n) is 21.4. The van der Waals surface area contributed by atoms with Crippen molar-refractivity contribution in [2.24, 2.45) is 0 Å². The standard InChI is InChI=1S/C27H30ClFN6O3/c1-16(30)24(10-31-2)33-26-8-22(23(28)9-32-26)19-7-25-27(37)35(21(15-38-3)13-34(25)11-19)12-18-6-20(29)5-4-17(18)14-36/h4-11,21,30-31,36H,12-15H2,1-3H3,(H,32,33)/b24-10+,30-16?/t21-/m1/s1. The number of carbonyl (C=O) groups excluding carboxylic acids is 1. The molecule has 38 heavy (non-hydrogen) atoms. The number of carbonyl (C=O) groups is 1. The average Bonchev–Trinajstić information content (AvgIpc) is 3.31. The molecule has 0 saturated heterocycles. The molecule has 1 aliphatic rings. The number of fused-ring (bicyclic) bond motifs is 1. The summed E-state index contributed by atoms with van der Waals surface area (Å²) in [4.78, 5) is 19.7. The fourth-order valence-corrected chi connectivity index (χ4v) is 4.70. The van der Waals surface area contributed by atoms with Crippen LogP contribution >= 0.6 is 11.6 Å². The summed E-state index contributed by atoms with van der Waals surface area (Å²) in [5.74, 6) is -0.173. The maximum atomic E-state index is 14.0. The number of rotatable bonds is 10. The molecule has 0 saturated carbocycles. The molecule has 2 aromatic heterocycles. The predicted molar refractivity (Wildman–Crippen MR) is 145 cm³/mol. The molecular formula is C27H30ClFN6O3. The van der Waals surface area contributed by atoms with E-state index in [1.54, 1.807) is 44.3 Å². The largest absolute Gasteiger partial charge is 0.392 e. The SMILES string of the molecule is CN/C=C(/Nc1cc(-c2cc3n(c2)C[C@H](COC)N(Cc2cc(F)ccc2CO)C3=O)c(Cl)cn1)C(C)=N. The summed E-state index contributed by atoms with van der Waals surface area (Å²) in [7, 11) is 3.31. The van der Waals surface area contributed by atoms with Crippen LogP contribution in [-0.2, 0) is 24.4 Å². The van der Waals surface area contributed by atoms with Crippen LogP contribution in [0.5, 0.6) is 0 Å². The Kier molecular flexibility index (Phi) is 8.45. The van der Waals surface area contributed by atoms with Gasteiger partial charge >= 0.3 is 0 Å². The maximum Gasteiger partial charge on any atom is 0.271 e. The summed E-state index contributed by atoms with van der Waals surface area (Å²) >= 11 is 6.51. The Morgan fingerprint density at radius 1 is 1.34 bits per heavy atom. The number of aliphatic hydroxyl groups excluding tert-OH is 1. The Morgan fingerprint density at radius 3 is 2.82 bits per heavy atom. The van der Waals surface area contributed by atoms with Crippen LogP contribution in [0.3, 0.4) is 0 Å². The molecule has 11 heteroatoms. The number of nitrogens with zero attached hydrogens (tertiary/aromatic N) is 3. The number of methoxy groups -OCH3 is 1. The first-order valence-corrected chi connectivity index (χ1v) is 12.4. The predicted octanol–water partition coefficient (Wildman–Crippen LogP) is 4.02. The fourth-order valence-electron chi connectivity index (χ4n) is 4.49. The van der Waals surface area contributed by atoms with E-state index in [1.165, 1.54) is 24.4 Å². The zero-order valence-corrected chi connectivity index (χ0v) is 22.1. The van der Waals surface area contributed by atoms with Gasteiger partial charge in [0.1, 0.15) is 17.3 Å². The molecule has 9 nitrogen and oxygen atoms in total. The number of aromatic nitrogens is 2. The number of ether oxygens (including phenoxy) is 1. The quantitative estimate of drug-likeness (QED) is 0.289. The van der Waals surface area contributed by atoms with Gasteiger partial charge in [-0.2, -0.15) is 0 Å². The van der Waals surface area contributed by atoms with Gasteiger partial charge in [0.25, 0.3) is 5.91 Å². The maximum absolute atomic E-state index is 14.0. The fraction of sp³-hybridized carbons (Fsp3) is 0.296. The number of benzene rings is 1. The van der Waals surface area contributed by atoms with Gasteiger partial charge < -0.3 is 35.4 Å². The van der Waals surface area contributed by atoms with Crippen molar-refractivity contribution in [2.75, 3.05) is 26.1 Å². The summed E-state index contributed by atoms with van der Waals surface area (Å²) in [5, 5.41) is 24.1. The van der Waals surface area contributed by atoms with Crippen LogP contribution in [0.25, 0.3) is 11.1 Å². The van der Waals surface area contributed by atoms with Crippen LogP contribution in [0, 0.1) is 11.2 Å². The van der Waals surface area contributed by atoms with Gasteiger partial charge in [-0.1, -0.05) is 17.7 Å². The molecule has 0 radical (unpaired) electrons. The molecule has 0 fully saturated rings. The number of anilines is 1. The second kappa shape index (κ2) is 11.8. The van der Waals surface area contributed by atoms with E-state index in [9.17, 15) is 14.3 Å². The lowest BCUT2D eigenvalue weighted by atomic mass is 10.0. The molecule has 0 bridgehead atoms. The van der Waals surface area contributed by atoms with Gasteiger partial charge in [0.15, 0.2) is 0 Å². The topological polar surface area (TPSA) is 116 Å². The Bertz CT molecular complexity index is 1390. The van der Waals surface area contributed by atoms with E-state index in [0.29, 0.717) is 51.2 Å². The normalized spacial score (nSPS) is 15.4. The lowest BCUT2D eigenvalue weighted by Crippen LogP contribution is -2.49. The third-order valence-electron chi connectivity index (χ3n) is 6.38. The third-order valence-corrected chi connectivity index (χ3v) is 6.69. The minimum Gasteiger partial charge on any atom is -0.392 e. The molecule has 0 aliphatic carbocycles. The molecule has 1 atom stereocenters. The first kappa shape index (κ1) is 27.3. The van der Waals surface area contributed by atoms with E-state index in [2.05, 4.69) is 15.6 Å². The number of pyridine rings is 1. The van der Waals surface area contributed by atoms with Crippen molar-refractivity contribution in [3.63, 3.8) is 0 Å². The minimum atomic E-state index is -0.432. The van der Waals surface area contributed by atoms with Crippen LogP contribution < -0.4 is 10.6 Å². The molecule has 4 N–H and O–H groups in total. The first-order chi connectivity index (χ1) is 18.2. The van der Waals surface area contributed by atoms with Crippen LogP contribution in [0.4, 0.5) is 10.2 Å². The summed E-state index contributed by atoms with van der Waals surface area (Å²) in [5.41, 5.74) is 3.85. The number of allylic oxidation sites excluding steroid dienone is 1. The second-order valence-corrected chi connectivity index (χ2v) is 9.43. The second-order valence-electron chi connectivity index (χ2n) is 9.03. The van der Waals surface area contributed by atoms with Crippen LogP contribution in [0.2, 0.25) is 5.02 Å². The molecule has 1 amide bonds. The monoisotopic (exact) mass is 540 g/mol. The molecule has 3 heterocycles. The molecule has 1 aliphatic heterocycles. The lowest BCUT2D eigenvalue weighted by molar-refractivity contribution is 0.0386. The van der Waals surface area contributed by atoms with E-state index in [1.807, 2.05) is 10.8 Å². The molecule has 1 aromatic carbocycles. The Hall–Kier alpha value is -3.73. The Labute approximate surface area is 225 Å². The van der Waals surface area contributed by atoms with Crippen LogP contribution in [0.15, 0.2) is 54.6 Å². The molecule has 3 aromatic rings. The highest BCUT2D eigenvalue weighted by atomic mass is 35.5. The van der Waals surface area contributed by atoms with Crippen molar-refractivity contribution in [1.82, 2.24) is 19.8 Å². The number of halogens is 2. The molecule has 0 unspecified atom stereocenters. The summed E-state index contributed by atoms with van der Waals surface area (Å²) in [6.45, 7) is 2.29. The smallest absolute Gasteiger partial charge is 0.271 e. The minimum absolute atomic E-state index is 0.134. The Morgan fingerprint density at radius 2 is 2.13 bits per heavy atom. The zero-order chi connectivity index (χ0) is 27.4. The van der Waals surface area contributed by atoms with Crippen molar-refractivity contribution in [3.05, 3.63) is 82.3 Å². The van der Waals surface area contributed by atoms with Crippen LogP contribution in [-0.4, -0.2) is 58.0 Å². The van der Waals surface area contributed by atoms with Crippen molar-refractivity contribution >= 4 is 29.0 Å². The summed E-state index contributed by atoms with van der Waals surface area (Å²) in [6, 6.07) is 7.41. The highest BCUT2D eigenvalue weighted by Gasteiger charge is 2.34. The van der Waals surface area contributed by atoms with Crippen molar-refractivity contribution in [3.8, 4) is 11.1 Å². The van der Waals surface area contributed by atoms with Gasteiger partial charge in [0.05, 0.1) is 35.7 Å². The molecule has 0 spiro atoms. The van der Waals surface area contributed by atoms with E-state index < -0.39 is 5.82 Å². The number of hydrogen-bond donors (Lipinski definition) is 4. The van der Waals surface area contributed by atoms with Gasteiger partial charge in [0, 0.05) is 57.0 Å². The van der Waals surface area contributed by atoms with E-state index in [4.69, 9.17) is 21.7 Å². The van der Waals surface area contributed by atoms with E-state index >= 15 is 0 Å². The highest BCUT2D eigenvalue weighted by Crippen LogP contribution is 2.33. The van der Waals surface area contributed by atoms with E-state index in [-0.39, 0.29) is 31.7 Å². The van der Waals surface area contributed by atoms with Crippen molar-refractivity contribution < 1.29 is 19.0 Å². The highest BCUT2D eigenvalue weighted by molar-refractivity contribution is 6.33. The molecule has 4 rings (SSSR count). The van der Waals surface area contributed by atoms with Crippen molar-refractivity contribution in [2.45, 2.75) is 32.7 Å². The van der Waals surface area contributed by atoms with Gasteiger partial charge in [-0.25, -0.2) is 9.37 Å². The van der Waals surface area contributed by atoms with Crippen LogP contribution in [0.1, 0.15) is 28.5 Å². The van der Waals surface area contributed by atoms with Crippen molar-refractivity contribution in [1.29, 1.82) is 5.41 Å². The lowest BCUT2D eigenvalue weighted by Gasteiger charge is -2.36. The third kappa shape index (κ3) is 5.72. The molecule has 200 valence electrons. The van der Waals surface area contributed by atoms with Gasteiger partial charge in [-0.3, -0.25) is 4.79 Å². The van der Waals surface area contributed by atoms with Gasteiger partial charge in [-0.15, -0.1) is 0 Å². The first-order valence-electron chi connectivity index (χ1n) is 12.0. The number of nitrogens with one attached hydrogen (secondary N) is 3.